The molecule has 1 fully saturated rings. The first-order valence-electron chi connectivity index (χ1n) is 9.53. The van der Waals surface area contributed by atoms with Gasteiger partial charge in [-0.1, -0.05) is 70.7 Å². The Hall–Kier alpha value is -2.44. The van der Waals surface area contributed by atoms with Crippen molar-refractivity contribution in [2.24, 2.45) is 0 Å². The number of halogens is 3. The molecule has 1 heterocycles. The van der Waals surface area contributed by atoms with Crippen LogP contribution in [0.5, 0.6) is 5.75 Å². The van der Waals surface area contributed by atoms with Gasteiger partial charge in [0.2, 0.25) is 0 Å². The van der Waals surface area contributed by atoms with Crippen molar-refractivity contribution in [1.29, 1.82) is 0 Å². The minimum absolute atomic E-state index is 0.260. The third-order valence-electron chi connectivity index (χ3n) is 4.68. The first-order chi connectivity index (χ1) is 15.3. The molecule has 32 heavy (non-hydrogen) atoms. The lowest BCUT2D eigenvalue weighted by molar-refractivity contribution is -0.113. The lowest BCUT2D eigenvalue weighted by Crippen LogP contribution is -2.27. The number of hydrogen-bond acceptors (Lipinski definition) is 4. The molecule has 1 saturated heterocycles. The van der Waals surface area contributed by atoms with Gasteiger partial charge in [-0.25, -0.2) is 4.90 Å². The summed E-state index contributed by atoms with van der Waals surface area (Å²) in [6.07, 6.45) is 1.58. The van der Waals surface area contributed by atoms with Crippen LogP contribution in [0.1, 0.15) is 16.7 Å². The number of benzene rings is 3. The molecule has 2 amide bonds. The van der Waals surface area contributed by atoms with E-state index in [9.17, 15) is 9.59 Å². The highest BCUT2D eigenvalue weighted by Gasteiger charge is 2.36. The van der Waals surface area contributed by atoms with Gasteiger partial charge in [-0.2, -0.15) is 0 Å². The molecule has 162 valence electrons. The summed E-state index contributed by atoms with van der Waals surface area (Å²) in [6.45, 7) is 2.33. The van der Waals surface area contributed by atoms with Crippen molar-refractivity contribution in [3.63, 3.8) is 0 Å². The highest BCUT2D eigenvalue weighted by molar-refractivity contribution is 8.19. The second-order valence-corrected chi connectivity index (χ2v) is 9.33. The van der Waals surface area contributed by atoms with E-state index in [1.165, 1.54) is 0 Å². The number of anilines is 1. The van der Waals surface area contributed by atoms with Gasteiger partial charge in [-0.3, -0.25) is 9.59 Å². The Morgan fingerprint density at radius 1 is 0.969 bits per heavy atom. The number of ether oxygens (including phenoxy) is 1. The molecule has 0 bridgehead atoms. The van der Waals surface area contributed by atoms with Gasteiger partial charge in [-0.15, -0.1) is 0 Å². The van der Waals surface area contributed by atoms with Gasteiger partial charge in [0, 0.05) is 5.02 Å². The molecule has 0 N–H and O–H groups in total. The Morgan fingerprint density at radius 2 is 1.66 bits per heavy atom. The lowest BCUT2D eigenvalue weighted by atomic mass is 10.1. The van der Waals surface area contributed by atoms with Crippen molar-refractivity contribution in [1.82, 2.24) is 0 Å². The first-order valence-corrected chi connectivity index (χ1v) is 11.5. The molecular weight excluding hydrogens is 489 g/mol. The molecule has 0 unspecified atom stereocenters. The van der Waals surface area contributed by atoms with Gasteiger partial charge in [0.05, 0.1) is 20.6 Å². The summed E-state index contributed by atoms with van der Waals surface area (Å²) in [5.41, 5.74) is 3.15. The summed E-state index contributed by atoms with van der Waals surface area (Å²) in [6, 6.07) is 17.8. The Labute approximate surface area is 204 Å². The molecular formula is C24H16Cl3NO3S. The van der Waals surface area contributed by atoms with Gasteiger partial charge in [0.25, 0.3) is 11.1 Å². The summed E-state index contributed by atoms with van der Waals surface area (Å²) < 4.78 is 5.81. The zero-order chi connectivity index (χ0) is 22.8. The summed E-state index contributed by atoms with van der Waals surface area (Å²) in [4.78, 5) is 26.6. The Bertz CT molecular complexity index is 1220. The lowest BCUT2D eigenvalue weighted by Gasteiger charge is -2.12. The number of imide groups is 1. The SMILES string of the molecule is Cc1ccc(COc2c(Cl)cc(/C=C3/SC(=O)N(c4cccc(Cl)c4)C3=O)cc2Cl)cc1. The van der Waals surface area contributed by atoms with E-state index >= 15 is 0 Å². The molecule has 0 aliphatic carbocycles. The first kappa shape index (κ1) is 22.7. The van der Waals surface area contributed by atoms with Crippen molar-refractivity contribution in [2.75, 3.05) is 4.90 Å². The van der Waals surface area contributed by atoms with Gasteiger partial charge in [0.1, 0.15) is 6.61 Å². The Kier molecular flexibility index (Phi) is 6.82. The van der Waals surface area contributed by atoms with E-state index in [2.05, 4.69) is 0 Å². The topological polar surface area (TPSA) is 46.6 Å². The van der Waals surface area contributed by atoms with E-state index in [0.717, 1.165) is 27.8 Å². The zero-order valence-corrected chi connectivity index (χ0v) is 19.9. The normalized spacial score (nSPS) is 15.0. The van der Waals surface area contributed by atoms with Crippen molar-refractivity contribution in [2.45, 2.75) is 13.5 Å². The molecule has 0 spiro atoms. The molecule has 4 nitrogen and oxygen atoms in total. The summed E-state index contributed by atoms with van der Waals surface area (Å²) >= 11 is 19.6. The molecule has 3 aromatic carbocycles. The number of hydrogen-bond donors (Lipinski definition) is 0. The van der Waals surface area contributed by atoms with Gasteiger partial charge in [0.15, 0.2) is 5.75 Å². The van der Waals surface area contributed by atoms with Gasteiger partial charge >= 0.3 is 0 Å². The Morgan fingerprint density at radius 3 is 2.31 bits per heavy atom. The number of amides is 2. The molecule has 1 aliphatic rings. The fraction of sp³-hybridized carbons (Fsp3) is 0.0833. The third kappa shape index (κ3) is 4.97. The number of carbonyl (C=O) groups is 2. The van der Waals surface area contributed by atoms with Crippen LogP contribution in [0.25, 0.3) is 6.08 Å². The molecule has 0 aromatic heterocycles. The maximum atomic E-state index is 12.8. The van der Waals surface area contributed by atoms with Crippen LogP contribution in [-0.2, 0) is 11.4 Å². The van der Waals surface area contributed by atoms with Crippen LogP contribution in [0.2, 0.25) is 15.1 Å². The maximum Gasteiger partial charge on any atom is 0.298 e. The number of nitrogens with zero attached hydrogens (tertiary/aromatic N) is 1. The van der Waals surface area contributed by atoms with E-state index in [4.69, 9.17) is 39.5 Å². The van der Waals surface area contributed by atoms with Crippen LogP contribution in [-0.4, -0.2) is 11.1 Å². The van der Waals surface area contributed by atoms with Crippen LogP contribution >= 0.6 is 46.6 Å². The summed E-state index contributed by atoms with van der Waals surface area (Å²) in [7, 11) is 0. The molecule has 0 atom stereocenters. The number of aryl methyl sites for hydroxylation is 1. The largest absolute Gasteiger partial charge is 0.486 e. The third-order valence-corrected chi connectivity index (χ3v) is 6.35. The van der Waals surface area contributed by atoms with Crippen LogP contribution in [0, 0.1) is 6.92 Å². The van der Waals surface area contributed by atoms with E-state index < -0.39 is 11.1 Å². The molecule has 0 radical (unpaired) electrons. The van der Waals surface area contributed by atoms with Crippen LogP contribution < -0.4 is 9.64 Å². The van der Waals surface area contributed by atoms with Crippen LogP contribution in [0.3, 0.4) is 0 Å². The molecule has 1 aliphatic heterocycles. The Balaban J connectivity index is 1.54. The van der Waals surface area contributed by atoms with Gasteiger partial charge in [-0.05, 0) is 66.2 Å². The smallest absolute Gasteiger partial charge is 0.298 e. The maximum absolute atomic E-state index is 12.8. The van der Waals surface area contributed by atoms with E-state index in [-0.39, 0.29) is 4.91 Å². The van der Waals surface area contributed by atoms with Crippen LogP contribution in [0.4, 0.5) is 10.5 Å². The van der Waals surface area contributed by atoms with Gasteiger partial charge < -0.3 is 4.74 Å². The predicted octanol–water partition coefficient (Wildman–Crippen LogP) is 7.78. The standard InChI is InChI=1S/C24H16Cl3NO3S/c1-14-5-7-15(8-6-14)13-31-22-19(26)9-16(10-20(22)27)11-21-23(29)28(24(30)32-21)18-4-2-3-17(25)12-18/h2-12H,13H2,1H3/b21-11+. The van der Waals surface area contributed by atoms with E-state index in [1.807, 2.05) is 31.2 Å². The van der Waals surface area contributed by atoms with Crippen molar-refractivity contribution in [3.05, 3.63) is 97.3 Å². The number of rotatable bonds is 5. The quantitative estimate of drug-likeness (QED) is 0.333. The van der Waals surface area contributed by atoms with E-state index in [0.29, 0.717) is 38.7 Å². The van der Waals surface area contributed by atoms with E-state index in [1.54, 1.807) is 42.5 Å². The number of thioether (sulfide) groups is 1. The van der Waals surface area contributed by atoms with Crippen LogP contribution in [0.15, 0.2) is 65.6 Å². The average Bonchev–Trinajstić information content (AvgIpc) is 3.01. The zero-order valence-electron chi connectivity index (χ0n) is 16.8. The molecule has 4 rings (SSSR count). The predicted molar refractivity (Wildman–Crippen MR) is 132 cm³/mol. The average molecular weight is 505 g/mol. The second kappa shape index (κ2) is 9.59. The highest BCUT2D eigenvalue weighted by atomic mass is 35.5. The minimum atomic E-state index is -0.436. The summed E-state index contributed by atoms with van der Waals surface area (Å²) in [5, 5.41) is 0.652. The minimum Gasteiger partial charge on any atom is -0.486 e. The molecule has 8 heteroatoms. The van der Waals surface area contributed by atoms with Crippen molar-refractivity contribution in [3.8, 4) is 5.75 Å². The fourth-order valence-electron chi connectivity index (χ4n) is 3.10. The highest BCUT2D eigenvalue weighted by Crippen LogP contribution is 2.39. The monoisotopic (exact) mass is 503 g/mol. The second-order valence-electron chi connectivity index (χ2n) is 7.08. The summed E-state index contributed by atoms with van der Waals surface area (Å²) in [5.74, 6) is -0.0766. The number of carbonyl (C=O) groups excluding carboxylic acids is 2. The molecule has 3 aromatic rings. The molecule has 0 saturated carbocycles. The van der Waals surface area contributed by atoms with Crippen molar-refractivity contribution < 1.29 is 14.3 Å². The van der Waals surface area contributed by atoms with Crippen molar-refractivity contribution >= 4 is 69.5 Å². The fourth-order valence-corrected chi connectivity index (χ4v) is 4.74.